The number of methoxy groups -OCH3 is 3. The predicted octanol–water partition coefficient (Wildman–Crippen LogP) is 2.72. The third-order valence-corrected chi connectivity index (χ3v) is 16.3. The van der Waals surface area contributed by atoms with Crippen molar-refractivity contribution in [3.05, 3.63) is 35.3 Å². The Balaban J connectivity index is 0.840. The van der Waals surface area contributed by atoms with Crippen LogP contribution in [0.15, 0.2) is 28.4 Å². The molecule has 1 aromatic heterocycles. The number of carbonyl (C=O) groups is 1. The van der Waals surface area contributed by atoms with Crippen LogP contribution in [0, 0.1) is 24.2 Å². The van der Waals surface area contributed by atoms with E-state index in [9.17, 15) is 30.3 Å². The highest BCUT2D eigenvalue weighted by atomic mass is 16.8. The molecule has 0 aromatic carbocycles. The molecular weight excluding hydrogens is 865 g/mol. The second-order valence-electron chi connectivity index (χ2n) is 20.2. The molecule has 0 amide bonds. The number of hydrogen-bond donors (Lipinski definition) is 5. The maximum atomic E-state index is 14.2. The van der Waals surface area contributed by atoms with E-state index < -0.39 is 129 Å². The van der Waals surface area contributed by atoms with Crippen molar-refractivity contribution >= 4 is 5.78 Å². The van der Waals surface area contributed by atoms with Crippen molar-refractivity contribution in [3.8, 4) is 0 Å². The quantitative estimate of drug-likeness (QED) is 0.179. The molecule has 23 atom stereocenters. The molecule has 4 aliphatic heterocycles. The van der Waals surface area contributed by atoms with Crippen LogP contribution in [0.5, 0.6) is 0 Å². The van der Waals surface area contributed by atoms with Crippen molar-refractivity contribution in [2.24, 2.45) is 17.3 Å². The highest BCUT2D eigenvalue weighted by Crippen LogP contribution is 2.59. The Morgan fingerprint density at radius 1 is 0.727 bits per heavy atom. The fourth-order valence-corrected chi connectivity index (χ4v) is 12.4. The highest BCUT2D eigenvalue weighted by molar-refractivity contribution is 5.93. The van der Waals surface area contributed by atoms with E-state index in [0.717, 1.165) is 24.2 Å². The van der Waals surface area contributed by atoms with Gasteiger partial charge in [0.25, 0.3) is 0 Å². The number of hydrogen-bond acceptors (Lipinski definition) is 18. The summed E-state index contributed by atoms with van der Waals surface area (Å²) in [5, 5.41) is 52.4. The van der Waals surface area contributed by atoms with E-state index in [1.54, 1.807) is 27.4 Å². The summed E-state index contributed by atoms with van der Waals surface area (Å²) < 4.78 is 73.8. The standard InChI is InChI=1S/C48H74O18/c1-22-28(13-15-58-22)47(5)14-12-29-27(45(47)54)11-10-26-16-31(30(50)20-48(26,29)6)62-36-17-32(55-7)42(23(2)59-36)64-37-18-33(56-8)43(24(3)60-37)65-38-19-34(57-9)44(25(4)61-38)66-46-41(53)40(52)39(51)35(21-49)63-46/h10,13,15,23-25,27,29-44,46,49-53H,11-12,14,16-21H2,1-9H3/t23-,24-,25+,27-,29+,30-,31-,32+,33+,34-,35-,36+,37+,38+,39-,40+,41-,42-,43-,44+,46+,47-,48+/m1/s1. The Labute approximate surface area is 387 Å². The first-order chi connectivity index (χ1) is 31.4. The van der Waals surface area contributed by atoms with Gasteiger partial charge in [-0.25, -0.2) is 0 Å². The van der Waals surface area contributed by atoms with Crippen molar-refractivity contribution < 1.29 is 86.8 Å². The van der Waals surface area contributed by atoms with Crippen LogP contribution in [0.4, 0.5) is 0 Å². The second-order valence-corrected chi connectivity index (χ2v) is 20.2. The molecule has 8 rings (SSSR count). The third-order valence-electron chi connectivity index (χ3n) is 16.3. The van der Waals surface area contributed by atoms with E-state index in [-0.39, 0.29) is 29.5 Å². The zero-order valence-corrected chi connectivity index (χ0v) is 39.8. The van der Waals surface area contributed by atoms with E-state index in [1.807, 2.05) is 26.8 Å². The summed E-state index contributed by atoms with van der Waals surface area (Å²) >= 11 is 0. The molecule has 2 saturated carbocycles. The summed E-state index contributed by atoms with van der Waals surface area (Å²) in [5.41, 5.74) is 1.34. The van der Waals surface area contributed by atoms with Gasteiger partial charge in [-0.3, -0.25) is 4.79 Å². The molecule has 5 N–H and O–H groups in total. The Kier molecular flexibility index (Phi) is 15.6. The number of aliphatic hydroxyl groups is 5. The molecular formula is C48H74O18. The Morgan fingerprint density at radius 2 is 1.27 bits per heavy atom. The lowest BCUT2D eigenvalue weighted by Crippen LogP contribution is -2.62. The molecule has 6 fully saturated rings. The van der Waals surface area contributed by atoms with Gasteiger partial charge in [0.1, 0.15) is 54.3 Å². The normalized spacial score (nSPS) is 48.9. The van der Waals surface area contributed by atoms with E-state index in [0.29, 0.717) is 32.1 Å². The first kappa shape index (κ1) is 50.4. The van der Waals surface area contributed by atoms with E-state index in [2.05, 4.69) is 19.9 Å². The van der Waals surface area contributed by atoms with Gasteiger partial charge in [0.05, 0.1) is 67.1 Å². The van der Waals surface area contributed by atoms with Crippen LogP contribution in [0.25, 0.3) is 0 Å². The number of ether oxygens (including phenoxy) is 11. The number of rotatable bonds is 13. The fraction of sp³-hybridized carbons (Fsp3) is 0.854. The second kappa shape index (κ2) is 20.4. The molecule has 18 nitrogen and oxygen atoms in total. The van der Waals surface area contributed by atoms with Crippen molar-refractivity contribution in [1.29, 1.82) is 0 Å². The monoisotopic (exact) mass is 938 g/mol. The lowest BCUT2D eigenvalue weighted by atomic mass is 9.49. The largest absolute Gasteiger partial charge is 0.469 e. The maximum Gasteiger partial charge on any atom is 0.187 e. The number of ketones is 1. The number of Topliss-reactive ketones (excluding diaryl/α,β-unsaturated/α-hetero) is 1. The zero-order chi connectivity index (χ0) is 47.4. The average molecular weight is 939 g/mol. The van der Waals surface area contributed by atoms with Gasteiger partial charge in [-0.15, -0.1) is 0 Å². The van der Waals surface area contributed by atoms with Gasteiger partial charge in [-0.05, 0) is 84.1 Å². The number of allylic oxidation sites excluding steroid dienone is 1. The highest BCUT2D eigenvalue weighted by Gasteiger charge is 2.58. The van der Waals surface area contributed by atoms with Crippen molar-refractivity contribution in [1.82, 2.24) is 0 Å². The van der Waals surface area contributed by atoms with Crippen LogP contribution in [0.3, 0.4) is 0 Å². The van der Waals surface area contributed by atoms with Gasteiger partial charge in [0, 0.05) is 52.1 Å². The van der Waals surface area contributed by atoms with Crippen LogP contribution < -0.4 is 0 Å². The average Bonchev–Trinajstić information content (AvgIpc) is 3.73. The Hall–Kier alpha value is -1.95. The van der Waals surface area contributed by atoms with Gasteiger partial charge in [-0.2, -0.15) is 0 Å². The Bertz CT molecular complexity index is 1820. The minimum atomic E-state index is -1.59. The number of carbonyl (C=O) groups excluding carboxylic acids is 1. The predicted molar refractivity (Wildman–Crippen MR) is 231 cm³/mol. The molecule has 5 heterocycles. The topological polar surface area (TPSA) is 233 Å². The van der Waals surface area contributed by atoms with Crippen molar-refractivity contribution in [2.45, 2.75) is 215 Å². The van der Waals surface area contributed by atoms with Crippen LogP contribution >= 0.6 is 0 Å². The molecule has 0 unspecified atom stereocenters. The van der Waals surface area contributed by atoms with Gasteiger partial charge in [-0.1, -0.05) is 18.6 Å². The first-order valence-electron chi connectivity index (χ1n) is 23.9. The zero-order valence-electron chi connectivity index (χ0n) is 39.8. The van der Waals surface area contributed by atoms with Gasteiger partial charge in [0.15, 0.2) is 25.2 Å². The SMILES string of the molecule is CO[C@H]1C[C@H](O[C@H]2[C@@H](OC)C[C@H](O[C@@H]3CC4=CC[C@H]5C(=O)[C@@](C)(c6ccoc6C)CC[C@@H]5[C@@]4(C)C[C@H]3O)O[C@@H]2C)O[C@H](C)[C@H]1O[C@H]1C[C@@H](OC)[C@@H](O[C@@H]2O[C@H](CO)[C@@H](O)[C@H](O)[C@H]2O)[C@H](C)O1. The van der Waals surface area contributed by atoms with Crippen molar-refractivity contribution in [3.63, 3.8) is 0 Å². The number of aryl methyl sites for hydroxylation is 1. The molecule has 374 valence electrons. The van der Waals surface area contributed by atoms with Gasteiger partial charge < -0.3 is 82.1 Å². The summed E-state index contributed by atoms with van der Waals surface area (Å²) in [4.78, 5) is 14.2. The minimum Gasteiger partial charge on any atom is -0.469 e. The number of aliphatic hydroxyl groups excluding tert-OH is 5. The molecule has 18 heteroatoms. The van der Waals surface area contributed by atoms with Crippen molar-refractivity contribution in [2.75, 3.05) is 27.9 Å². The fourth-order valence-electron chi connectivity index (χ4n) is 12.4. The van der Waals surface area contributed by atoms with E-state index in [1.165, 1.54) is 12.7 Å². The molecule has 0 radical (unpaired) electrons. The summed E-state index contributed by atoms with van der Waals surface area (Å²) in [6.07, 6.45) is -7.03. The summed E-state index contributed by atoms with van der Waals surface area (Å²) in [6, 6.07) is 1.94. The molecule has 66 heavy (non-hydrogen) atoms. The summed E-state index contributed by atoms with van der Waals surface area (Å²) in [7, 11) is 4.76. The maximum absolute atomic E-state index is 14.2. The molecule has 1 aromatic rings. The number of furan rings is 1. The summed E-state index contributed by atoms with van der Waals surface area (Å²) in [5.74, 6) is 1.09. The lowest BCUT2D eigenvalue weighted by Gasteiger charge is -2.55. The van der Waals surface area contributed by atoms with Crippen LogP contribution in [-0.2, 0) is 62.3 Å². The van der Waals surface area contributed by atoms with Crippen LogP contribution in [-0.4, -0.2) is 176 Å². The minimum absolute atomic E-state index is 0.114. The number of fused-ring (bicyclic) bond motifs is 3. The first-order valence-corrected chi connectivity index (χ1v) is 23.9. The van der Waals surface area contributed by atoms with Crippen LogP contribution in [0.1, 0.15) is 97.3 Å². The van der Waals surface area contributed by atoms with Gasteiger partial charge >= 0.3 is 0 Å². The molecule has 3 aliphatic carbocycles. The van der Waals surface area contributed by atoms with E-state index in [4.69, 9.17) is 56.5 Å². The van der Waals surface area contributed by atoms with E-state index >= 15 is 0 Å². The molecule has 7 aliphatic rings. The smallest absolute Gasteiger partial charge is 0.187 e. The van der Waals surface area contributed by atoms with Gasteiger partial charge in [0.2, 0.25) is 0 Å². The van der Waals surface area contributed by atoms with Crippen LogP contribution in [0.2, 0.25) is 0 Å². The molecule has 4 saturated heterocycles. The Morgan fingerprint density at radius 3 is 1.79 bits per heavy atom. The summed E-state index contributed by atoms with van der Waals surface area (Å²) in [6.45, 7) is 11.2. The third kappa shape index (κ3) is 9.50. The molecule has 0 spiro atoms. The molecule has 0 bridgehead atoms. The lowest BCUT2D eigenvalue weighted by molar-refractivity contribution is -0.357.